The summed E-state index contributed by atoms with van der Waals surface area (Å²) < 4.78 is 4.30. The molecule has 2 aromatic heterocycles. The summed E-state index contributed by atoms with van der Waals surface area (Å²) in [5, 5.41) is 23.0. The van der Waals surface area contributed by atoms with Gasteiger partial charge in [-0.1, -0.05) is 60.7 Å². The van der Waals surface area contributed by atoms with Crippen LogP contribution in [0.25, 0.3) is 44.2 Å². The minimum absolute atomic E-state index is 0.598. The van der Waals surface area contributed by atoms with E-state index in [0.29, 0.717) is 11.1 Å². The molecule has 0 unspecified atom stereocenters. The van der Waals surface area contributed by atoms with Crippen LogP contribution in [0.3, 0.4) is 0 Å². The molecule has 0 bridgehead atoms. The molecule has 0 N–H and O–H groups in total. The van der Waals surface area contributed by atoms with Crippen LogP contribution in [0.1, 0.15) is 11.1 Å². The second-order valence-corrected chi connectivity index (χ2v) is 7.66. The molecular formula is C28H16N4. The second kappa shape index (κ2) is 6.87. The largest absolute Gasteiger partial charge is 0.294 e. The minimum atomic E-state index is 0.598. The molecule has 6 rings (SSSR count). The summed E-state index contributed by atoms with van der Waals surface area (Å²) >= 11 is 0. The summed E-state index contributed by atoms with van der Waals surface area (Å²) in [5.74, 6) is 0. The van der Waals surface area contributed by atoms with E-state index in [1.807, 2.05) is 72.8 Å². The van der Waals surface area contributed by atoms with Gasteiger partial charge in [0.15, 0.2) is 0 Å². The molecule has 0 atom stereocenters. The Morgan fingerprint density at radius 1 is 0.500 bits per heavy atom. The Kier molecular flexibility index (Phi) is 3.87. The zero-order valence-electron chi connectivity index (χ0n) is 17.0. The molecule has 148 valence electrons. The van der Waals surface area contributed by atoms with Crippen LogP contribution in [-0.2, 0) is 0 Å². The Balaban J connectivity index is 1.94. The van der Waals surface area contributed by atoms with Gasteiger partial charge in [0, 0.05) is 16.2 Å². The Morgan fingerprint density at radius 2 is 0.906 bits per heavy atom. The number of aromatic nitrogens is 2. The maximum absolute atomic E-state index is 9.86. The molecule has 0 aliphatic carbocycles. The summed E-state index contributed by atoms with van der Waals surface area (Å²) in [7, 11) is 0. The maximum atomic E-state index is 9.86. The monoisotopic (exact) mass is 408 g/mol. The molecule has 2 heterocycles. The molecule has 0 aliphatic rings. The van der Waals surface area contributed by atoms with Crippen molar-refractivity contribution >= 4 is 32.8 Å². The number of fused-ring (bicyclic) bond motifs is 5. The van der Waals surface area contributed by atoms with Crippen molar-refractivity contribution in [2.45, 2.75) is 0 Å². The van der Waals surface area contributed by atoms with E-state index in [9.17, 15) is 10.5 Å². The van der Waals surface area contributed by atoms with E-state index in [0.717, 1.165) is 44.2 Å². The van der Waals surface area contributed by atoms with E-state index in [1.165, 1.54) is 0 Å². The predicted octanol–water partition coefficient (Wildman–Crippen LogP) is 6.47. The summed E-state index contributed by atoms with van der Waals surface area (Å²) in [6.45, 7) is 0. The van der Waals surface area contributed by atoms with Gasteiger partial charge in [0.05, 0.1) is 33.5 Å². The lowest BCUT2D eigenvalue weighted by Gasteiger charge is -2.14. The summed E-state index contributed by atoms with van der Waals surface area (Å²) in [5.41, 5.74) is 5.82. The molecule has 4 heteroatoms. The van der Waals surface area contributed by atoms with Crippen LogP contribution in [0.4, 0.5) is 0 Å². The summed E-state index contributed by atoms with van der Waals surface area (Å²) in [6, 6.07) is 36.5. The Labute approximate surface area is 184 Å². The van der Waals surface area contributed by atoms with Crippen LogP contribution >= 0.6 is 0 Å². The standard InChI is InChI=1S/C28H16N4/c29-17-19-9-1-5-13-23(19)31-25-15-7-3-11-21(25)27-22-12-4-8-16-26(22)32(28(27)31)24-14-6-2-10-20(24)18-30/h1-16H. The van der Waals surface area contributed by atoms with E-state index in [1.54, 1.807) is 0 Å². The van der Waals surface area contributed by atoms with Crippen molar-refractivity contribution in [3.8, 4) is 23.5 Å². The number of para-hydroxylation sites is 4. The van der Waals surface area contributed by atoms with Crippen LogP contribution in [-0.4, -0.2) is 9.13 Å². The van der Waals surface area contributed by atoms with Crippen LogP contribution < -0.4 is 0 Å². The highest BCUT2D eigenvalue weighted by Gasteiger charge is 2.23. The molecule has 0 amide bonds. The van der Waals surface area contributed by atoms with Gasteiger partial charge in [-0.05, 0) is 36.4 Å². The van der Waals surface area contributed by atoms with Gasteiger partial charge >= 0.3 is 0 Å². The maximum Gasteiger partial charge on any atom is 0.131 e. The Bertz CT molecular complexity index is 1630. The lowest BCUT2D eigenvalue weighted by Crippen LogP contribution is -2.04. The number of nitrogens with zero attached hydrogens (tertiary/aromatic N) is 4. The van der Waals surface area contributed by atoms with Crippen molar-refractivity contribution < 1.29 is 0 Å². The van der Waals surface area contributed by atoms with E-state index in [4.69, 9.17) is 0 Å². The SMILES string of the molecule is N#Cc1ccccc1-n1c2ccccc2c2c3ccccc3n(-c3ccccc3C#N)c21. The summed E-state index contributed by atoms with van der Waals surface area (Å²) in [6.07, 6.45) is 0. The van der Waals surface area contributed by atoms with E-state index in [2.05, 4.69) is 45.5 Å². The minimum Gasteiger partial charge on any atom is -0.294 e. The second-order valence-electron chi connectivity index (χ2n) is 7.66. The van der Waals surface area contributed by atoms with E-state index >= 15 is 0 Å². The van der Waals surface area contributed by atoms with Gasteiger partial charge in [-0.15, -0.1) is 0 Å². The highest BCUT2D eigenvalue weighted by Crippen LogP contribution is 2.41. The quantitative estimate of drug-likeness (QED) is 0.330. The molecule has 0 spiro atoms. The van der Waals surface area contributed by atoms with Crippen molar-refractivity contribution in [3.63, 3.8) is 0 Å². The van der Waals surface area contributed by atoms with Gasteiger partial charge in [-0.2, -0.15) is 10.5 Å². The third-order valence-electron chi connectivity index (χ3n) is 6.01. The zero-order valence-corrected chi connectivity index (χ0v) is 17.0. The number of hydrogen-bond acceptors (Lipinski definition) is 2. The van der Waals surface area contributed by atoms with E-state index < -0.39 is 0 Å². The average molecular weight is 408 g/mol. The van der Waals surface area contributed by atoms with Crippen molar-refractivity contribution in [3.05, 3.63) is 108 Å². The molecule has 0 radical (unpaired) electrons. The van der Waals surface area contributed by atoms with E-state index in [-0.39, 0.29) is 0 Å². The molecule has 6 aromatic rings. The number of benzene rings is 4. The predicted molar refractivity (Wildman–Crippen MR) is 127 cm³/mol. The van der Waals surface area contributed by atoms with Crippen molar-refractivity contribution in [1.82, 2.24) is 9.13 Å². The first kappa shape index (κ1) is 18.0. The van der Waals surface area contributed by atoms with Gasteiger partial charge in [-0.25, -0.2) is 0 Å². The lowest BCUT2D eigenvalue weighted by molar-refractivity contribution is 1.06. The third-order valence-corrected chi connectivity index (χ3v) is 6.01. The lowest BCUT2D eigenvalue weighted by atomic mass is 10.1. The molecule has 4 aromatic carbocycles. The fourth-order valence-electron chi connectivity index (χ4n) is 4.71. The van der Waals surface area contributed by atoms with Crippen LogP contribution in [0.2, 0.25) is 0 Å². The first-order valence-corrected chi connectivity index (χ1v) is 10.3. The topological polar surface area (TPSA) is 57.4 Å². The highest BCUT2D eigenvalue weighted by atomic mass is 15.1. The fourth-order valence-corrected chi connectivity index (χ4v) is 4.71. The van der Waals surface area contributed by atoms with Crippen LogP contribution in [0, 0.1) is 22.7 Å². The Morgan fingerprint density at radius 3 is 1.38 bits per heavy atom. The summed E-state index contributed by atoms with van der Waals surface area (Å²) in [4.78, 5) is 0. The van der Waals surface area contributed by atoms with Gasteiger partial charge in [0.25, 0.3) is 0 Å². The van der Waals surface area contributed by atoms with Crippen molar-refractivity contribution in [1.29, 1.82) is 10.5 Å². The number of rotatable bonds is 2. The van der Waals surface area contributed by atoms with Crippen LogP contribution in [0.5, 0.6) is 0 Å². The number of hydrogen-bond donors (Lipinski definition) is 0. The molecule has 0 aliphatic heterocycles. The Hall–Kier alpha value is -4.80. The molecule has 0 fully saturated rings. The smallest absolute Gasteiger partial charge is 0.131 e. The zero-order chi connectivity index (χ0) is 21.7. The highest BCUT2D eigenvalue weighted by molar-refractivity contribution is 6.22. The van der Waals surface area contributed by atoms with Crippen molar-refractivity contribution in [2.24, 2.45) is 0 Å². The van der Waals surface area contributed by atoms with Gasteiger partial charge < -0.3 is 0 Å². The van der Waals surface area contributed by atoms with Crippen molar-refractivity contribution in [2.75, 3.05) is 0 Å². The molecule has 32 heavy (non-hydrogen) atoms. The number of nitriles is 2. The first-order valence-electron chi connectivity index (χ1n) is 10.3. The molecule has 0 saturated heterocycles. The molecule has 0 saturated carbocycles. The average Bonchev–Trinajstić information content (AvgIpc) is 3.36. The normalized spacial score (nSPS) is 11.1. The fraction of sp³-hybridized carbons (Fsp3) is 0. The molecular weight excluding hydrogens is 392 g/mol. The van der Waals surface area contributed by atoms with Gasteiger partial charge in [0.1, 0.15) is 17.8 Å². The molecule has 4 nitrogen and oxygen atoms in total. The van der Waals surface area contributed by atoms with Crippen LogP contribution in [0.15, 0.2) is 97.1 Å². The van der Waals surface area contributed by atoms with Gasteiger partial charge in [-0.3, -0.25) is 9.13 Å². The first-order chi connectivity index (χ1) is 15.8. The van der Waals surface area contributed by atoms with Gasteiger partial charge in [0.2, 0.25) is 0 Å². The third kappa shape index (κ3) is 2.35.